The maximum absolute atomic E-state index is 12.9. The lowest BCUT2D eigenvalue weighted by Gasteiger charge is -2.38. The molecule has 0 aromatic rings. The van der Waals surface area contributed by atoms with E-state index < -0.39 is 22.2 Å². The third-order valence-corrected chi connectivity index (χ3v) is 6.43. The summed E-state index contributed by atoms with van der Waals surface area (Å²) < 4.78 is 28.5. The number of hydrogen-bond acceptors (Lipinski definition) is 3. The quantitative estimate of drug-likeness (QED) is 0.856. The minimum atomic E-state index is -3.68. The molecule has 7 heteroatoms. The van der Waals surface area contributed by atoms with Gasteiger partial charge >= 0.3 is 5.97 Å². The Bertz CT molecular complexity index is 469. The Morgan fingerprint density at radius 2 is 1.71 bits per heavy atom. The summed E-state index contributed by atoms with van der Waals surface area (Å²) in [5.41, 5.74) is 0. The number of aliphatic carboxylic acids is 1. The summed E-state index contributed by atoms with van der Waals surface area (Å²) in [7, 11) is -3.68. The van der Waals surface area contributed by atoms with Gasteiger partial charge in [-0.05, 0) is 31.1 Å². The van der Waals surface area contributed by atoms with E-state index in [0.717, 1.165) is 25.7 Å². The molecular formula is C14H26N2O4S. The summed E-state index contributed by atoms with van der Waals surface area (Å²) >= 11 is 0. The minimum absolute atomic E-state index is 0.318. The van der Waals surface area contributed by atoms with E-state index in [1.165, 1.54) is 8.61 Å². The summed E-state index contributed by atoms with van der Waals surface area (Å²) in [6.07, 6.45) is 3.84. The Labute approximate surface area is 127 Å². The number of rotatable bonds is 3. The van der Waals surface area contributed by atoms with Crippen LogP contribution in [-0.4, -0.2) is 53.8 Å². The summed E-state index contributed by atoms with van der Waals surface area (Å²) in [6.45, 7) is 5.41. The van der Waals surface area contributed by atoms with Gasteiger partial charge in [0, 0.05) is 19.6 Å². The predicted octanol–water partition coefficient (Wildman–Crippen LogP) is 1.54. The van der Waals surface area contributed by atoms with Crippen LogP contribution in [0.2, 0.25) is 0 Å². The van der Waals surface area contributed by atoms with E-state index in [2.05, 4.69) is 13.8 Å². The van der Waals surface area contributed by atoms with Crippen LogP contribution in [-0.2, 0) is 15.0 Å². The molecule has 0 saturated carbocycles. The van der Waals surface area contributed by atoms with Crippen LogP contribution in [0.5, 0.6) is 0 Å². The molecule has 2 rings (SSSR count). The fourth-order valence-corrected chi connectivity index (χ4v) is 5.61. The van der Waals surface area contributed by atoms with E-state index in [4.69, 9.17) is 0 Å². The normalized spacial score (nSPS) is 33.5. The van der Waals surface area contributed by atoms with Gasteiger partial charge in [0.1, 0.15) is 6.04 Å². The zero-order valence-electron chi connectivity index (χ0n) is 12.9. The Kier molecular flexibility index (Phi) is 5.27. The fourth-order valence-electron chi connectivity index (χ4n) is 3.55. The van der Waals surface area contributed by atoms with Crippen molar-refractivity contribution in [2.24, 2.45) is 11.8 Å². The van der Waals surface area contributed by atoms with Crippen LogP contribution in [0.3, 0.4) is 0 Å². The van der Waals surface area contributed by atoms with Crippen molar-refractivity contribution >= 4 is 16.2 Å². The molecule has 2 fully saturated rings. The zero-order valence-corrected chi connectivity index (χ0v) is 13.7. The highest BCUT2D eigenvalue weighted by Crippen LogP contribution is 2.28. The van der Waals surface area contributed by atoms with Gasteiger partial charge in [-0.1, -0.05) is 26.7 Å². The molecule has 2 aliphatic heterocycles. The van der Waals surface area contributed by atoms with Gasteiger partial charge in [-0.3, -0.25) is 4.79 Å². The molecule has 0 aromatic carbocycles. The highest BCUT2D eigenvalue weighted by molar-refractivity contribution is 7.86. The highest BCUT2D eigenvalue weighted by atomic mass is 32.2. The molecule has 1 N–H and O–H groups in total. The van der Waals surface area contributed by atoms with Crippen LogP contribution in [0.4, 0.5) is 0 Å². The molecular weight excluding hydrogens is 292 g/mol. The van der Waals surface area contributed by atoms with Crippen LogP contribution < -0.4 is 0 Å². The molecule has 2 aliphatic rings. The number of piperidine rings is 1. The van der Waals surface area contributed by atoms with Crippen LogP contribution >= 0.6 is 0 Å². The molecule has 0 spiro atoms. The van der Waals surface area contributed by atoms with Crippen molar-refractivity contribution in [3.05, 3.63) is 0 Å². The molecule has 2 saturated heterocycles. The molecule has 6 nitrogen and oxygen atoms in total. The van der Waals surface area contributed by atoms with Crippen LogP contribution in [0.1, 0.15) is 46.0 Å². The summed E-state index contributed by atoms with van der Waals surface area (Å²) in [6, 6.07) is -0.912. The lowest BCUT2D eigenvalue weighted by Crippen LogP contribution is -2.54. The van der Waals surface area contributed by atoms with E-state index in [-0.39, 0.29) is 0 Å². The Hall–Kier alpha value is -0.660. The average molecular weight is 318 g/mol. The SMILES string of the molecule is CC1CC(C)CN(S(=O)(=O)N2CCCCCC2C(=O)O)C1. The van der Waals surface area contributed by atoms with Gasteiger partial charge in [0.05, 0.1) is 0 Å². The Morgan fingerprint density at radius 1 is 1.10 bits per heavy atom. The van der Waals surface area contributed by atoms with Gasteiger partial charge in [-0.25, -0.2) is 0 Å². The Morgan fingerprint density at radius 3 is 2.29 bits per heavy atom. The first-order valence-electron chi connectivity index (χ1n) is 7.82. The first-order chi connectivity index (χ1) is 9.82. The van der Waals surface area contributed by atoms with Gasteiger partial charge < -0.3 is 5.11 Å². The topological polar surface area (TPSA) is 77.9 Å². The fraction of sp³-hybridized carbons (Fsp3) is 0.929. The van der Waals surface area contributed by atoms with Gasteiger partial charge in [0.2, 0.25) is 0 Å². The van der Waals surface area contributed by atoms with Crippen LogP contribution in [0.15, 0.2) is 0 Å². The molecule has 3 unspecified atom stereocenters. The molecule has 2 heterocycles. The molecule has 0 amide bonds. The van der Waals surface area contributed by atoms with Gasteiger partial charge in [0.25, 0.3) is 10.2 Å². The maximum Gasteiger partial charge on any atom is 0.322 e. The van der Waals surface area contributed by atoms with Crippen molar-refractivity contribution in [3.63, 3.8) is 0 Å². The monoisotopic (exact) mass is 318 g/mol. The molecule has 122 valence electrons. The lowest BCUT2D eigenvalue weighted by atomic mass is 9.94. The predicted molar refractivity (Wildman–Crippen MR) is 80.0 cm³/mol. The van der Waals surface area contributed by atoms with Gasteiger partial charge in [-0.2, -0.15) is 17.0 Å². The minimum Gasteiger partial charge on any atom is -0.480 e. The second-order valence-electron chi connectivity index (χ2n) is 6.58. The van der Waals surface area contributed by atoms with E-state index >= 15 is 0 Å². The van der Waals surface area contributed by atoms with Crippen LogP contribution in [0, 0.1) is 11.8 Å². The van der Waals surface area contributed by atoms with Crippen molar-refractivity contribution in [1.82, 2.24) is 8.61 Å². The third-order valence-electron chi connectivity index (χ3n) is 4.45. The first kappa shape index (κ1) is 16.7. The van der Waals surface area contributed by atoms with Crippen LogP contribution in [0.25, 0.3) is 0 Å². The summed E-state index contributed by atoms with van der Waals surface area (Å²) in [5, 5.41) is 9.37. The maximum atomic E-state index is 12.9. The Balaban J connectivity index is 2.24. The van der Waals surface area contributed by atoms with E-state index in [0.29, 0.717) is 37.9 Å². The smallest absolute Gasteiger partial charge is 0.322 e. The lowest BCUT2D eigenvalue weighted by molar-refractivity contribution is -0.141. The van der Waals surface area contributed by atoms with Gasteiger partial charge in [-0.15, -0.1) is 0 Å². The highest BCUT2D eigenvalue weighted by Gasteiger charge is 2.41. The second-order valence-corrected chi connectivity index (χ2v) is 8.47. The second kappa shape index (κ2) is 6.62. The largest absolute Gasteiger partial charge is 0.480 e. The zero-order chi connectivity index (χ0) is 15.6. The number of carbonyl (C=O) groups is 1. The van der Waals surface area contributed by atoms with Crippen molar-refractivity contribution in [3.8, 4) is 0 Å². The van der Waals surface area contributed by atoms with Crippen molar-refractivity contribution < 1.29 is 18.3 Å². The first-order valence-corrected chi connectivity index (χ1v) is 9.21. The third kappa shape index (κ3) is 3.76. The van der Waals surface area contributed by atoms with E-state index in [1.54, 1.807) is 0 Å². The van der Waals surface area contributed by atoms with E-state index in [1.807, 2.05) is 0 Å². The van der Waals surface area contributed by atoms with Crippen molar-refractivity contribution in [2.75, 3.05) is 19.6 Å². The number of carboxylic acid groups (broad SMARTS) is 1. The number of hydrogen-bond donors (Lipinski definition) is 1. The standard InChI is InChI=1S/C14H26N2O4S/c1-11-8-12(2)10-15(9-11)21(19,20)16-7-5-3-4-6-13(16)14(17)18/h11-13H,3-10H2,1-2H3,(H,17,18). The van der Waals surface area contributed by atoms with Crippen molar-refractivity contribution in [2.45, 2.75) is 52.0 Å². The molecule has 0 bridgehead atoms. The van der Waals surface area contributed by atoms with Crippen molar-refractivity contribution in [1.29, 1.82) is 0 Å². The molecule has 0 aromatic heterocycles. The van der Waals surface area contributed by atoms with Gasteiger partial charge in [0.15, 0.2) is 0 Å². The molecule has 0 radical (unpaired) electrons. The molecule has 21 heavy (non-hydrogen) atoms. The van der Waals surface area contributed by atoms with E-state index in [9.17, 15) is 18.3 Å². The molecule has 3 atom stereocenters. The summed E-state index contributed by atoms with van der Waals surface area (Å²) in [5.74, 6) is -0.392. The number of nitrogens with zero attached hydrogens (tertiary/aromatic N) is 2. The molecule has 0 aliphatic carbocycles. The number of carboxylic acids is 1. The average Bonchev–Trinajstić information content (AvgIpc) is 2.63. The summed E-state index contributed by atoms with van der Waals surface area (Å²) in [4.78, 5) is 11.5.